The van der Waals surface area contributed by atoms with Crippen molar-refractivity contribution in [2.45, 2.75) is 20.4 Å². The number of carbonyl (C=O) groups excluding carboxylic acids is 1. The van der Waals surface area contributed by atoms with Crippen LogP contribution in [0.3, 0.4) is 0 Å². The van der Waals surface area contributed by atoms with Gasteiger partial charge in [-0.3, -0.25) is 9.59 Å². The highest BCUT2D eigenvalue weighted by molar-refractivity contribution is 6.30. The summed E-state index contributed by atoms with van der Waals surface area (Å²) in [7, 11) is 0. The summed E-state index contributed by atoms with van der Waals surface area (Å²) in [6, 6.07) is 16.0. The van der Waals surface area contributed by atoms with Crippen molar-refractivity contribution in [2.24, 2.45) is 0 Å². The average molecular weight is 435 g/mol. The predicted octanol–water partition coefficient (Wildman–Crippen LogP) is 4.47. The minimum Gasteiger partial charge on any atom is -0.333 e. The third-order valence-electron chi connectivity index (χ3n) is 4.75. The highest BCUT2D eigenvalue weighted by atomic mass is 35.5. The van der Waals surface area contributed by atoms with Crippen molar-refractivity contribution in [1.29, 1.82) is 0 Å². The number of aryl methyl sites for hydroxylation is 2. The summed E-state index contributed by atoms with van der Waals surface area (Å²) in [5.41, 5.74) is 3.30. The van der Waals surface area contributed by atoms with Gasteiger partial charge in [0.05, 0.1) is 0 Å². The van der Waals surface area contributed by atoms with E-state index in [0.29, 0.717) is 22.1 Å². The number of pyridine rings is 1. The van der Waals surface area contributed by atoms with E-state index in [1.807, 2.05) is 32.0 Å². The standard InChI is InChI=1S/C23H19ClN4O3/c1-14-5-10-19(15(2)12-14)25-20(29)13-28-11-3-4-18(23(28)30)22-26-21(27-31-22)16-6-8-17(24)9-7-16/h3-12H,13H2,1-2H3,(H,25,29). The van der Waals surface area contributed by atoms with E-state index in [1.165, 1.54) is 4.57 Å². The second-order valence-electron chi connectivity index (χ2n) is 7.15. The summed E-state index contributed by atoms with van der Waals surface area (Å²) in [6.07, 6.45) is 1.55. The zero-order chi connectivity index (χ0) is 22.0. The maximum absolute atomic E-state index is 12.9. The zero-order valence-corrected chi connectivity index (χ0v) is 17.7. The van der Waals surface area contributed by atoms with Gasteiger partial charge in [-0.05, 0) is 61.9 Å². The van der Waals surface area contributed by atoms with Gasteiger partial charge in [-0.15, -0.1) is 0 Å². The van der Waals surface area contributed by atoms with E-state index in [4.69, 9.17) is 16.1 Å². The highest BCUT2D eigenvalue weighted by Crippen LogP contribution is 2.22. The Kier molecular flexibility index (Phi) is 5.68. The van der Waals surface area contributed by atoms with Gasteiger partial charge in [0.25, 0.3) is 11.4 Å². The zero-order valence-electron chi connectivity index (χ0n) is 16.9. The smallest absolute Gasteiger partial charge is 0.263 e. The van der Waals surface area contributed by atoms with E-state index >= 15 is 0 Å². The number of nitrogens with one attached hydrogen (secondary N) is 1. The number of halogens is 1. The fourth-order valence-electron chi connectivity index (χ4n) is 3.17. The summed E-state index contributed by atoms with van der Waals surface area (Å²) in [5, 5.41) is 7.38. The van der Waals surface area contributed by atoms with Gasteiger partial charge in [0.2, 0.25) is 11.7 Å². The molecule has 0 spiro atoms. The van der Waals surface area contributed by atoms with Gasteiger partial charge >= 0.3 is 0 Å². The van der Waals surface area contributed by atoms with Gasteiger partial charge in [-0.1, -0.05) is 34.5 Å². The van der Waals surface area contributed by atoms with Gasteiger partial charge in [-0.2, -0.15) is 4.98 Å². The number of hydrogen-bond donors (Lipinski definition) is 1. The van der Waals surface area contributed by atoms with Crippen molar-refractivity contribution >= 4 is 23.2 Å². The molecule has 2 aromatic heterocycles. The van der Waals surface area contributed by atoms with Crippen LogP contribution < -0.4 is 10.9 Å². The number of anilines is 1. The van der Waals surface area contributed by atoms with Crippen molar-refractivity contribution in [2.75, 3.05) is 5.32 Å². The normalized spacial score (nSPS) is 10.8. The van der Waals surface area contributed by atoms with Gasteiger partial charge < -0.3 is 14.4 Å². The number of amides is 1. The largest absolute Gasteiger partial charge is 0.333 e. The van der Waals surface area contributed by atoms with E-state index in [0.717, 1.165) is 11.1 Å². The Morgan fingerprint density at radius 2 is 1.90 bits per heavy atom. The van der Waals surface area contributed by atoms with Crippen molar-refractivity contribution in [3.63, 3.8) is 0 Å². The molecule has 156 valence electrons. The molecule has 7 nitrogen and oxygen atoms in total. The molecule has 2 aromatic carbocycles. The van der Waals surface area contributed by atoms with Crippen molar-refractivity contribution < 1.29 is 9.32 Å². The summed E-state index contributed by atoms with van der Waals surface area (Å²) in [4.78, 5) is 29.7. The molecular formula is C23H19ClN4O3. The molecule has 4 aromatic rings. The summed E-state index contributed by atoms with van der Waals surface area (Å²) in [5.74, 6) is 0.117. The fraction of sp³-hybridized carbons (Fsp3) is 0.130. The molecule has 8 heteroatoms. The minimum absolute atomic E-state index is 0.0825. The SMILES string of the molecule is Cc1ccc(NC(=O)Cn2cccc(-c3nc(-c4ccc(Cl)cc4)no3)c2=O)c(C)c1. The van der Waals surface area contributed by atoms with Crippen molar-refractivity contribution in [3.8, 4) is 22.8 Å². The first-order valence-corrected chi connectivity index (χ1v) is 9.95. The molecule has 0 saturated carbocycles. The Labute approximate surface area is 183 Å². The Bertz CT molecular complexity index is 1310. The van der Waals surface area contributed by atoms with Crippen LogP contribution in [0.25, 0.3) is 22.8 Å². The molecule has 0 fully saturated rings. The monoisotopic (exact) mass is 434 g/mol. The van der Waals surface area contributed by atoms with Crippen LogP contribution in [-0.4, -0.2) is 20.6 Å². The molecule has 0 aliphatic rings. The van der Waals surface area contributed by atoms with Crippen LogP contribution in [0.4, 0.5) is 5.69 Å². The number of benzene rings is 2. The number of carbonyl (C=O) groups is 1. The van der Waals surface area contributed by atoms with Crippen LogP contribution >= 0.6 is 11.6 Å². The predicted molar refractivity (Wildman–Crippen MR) is 119 cm³/mol. The van der Waals surface area contributed by atoms with Crippen molar-refractivity contribution in [3.05, 3.63) is 87.3 Å². The summed E-state index contributed by atoms with van der Waals surface area (Å²) < 4.78 is 6.60. The van der Waals surface area contributed by atoms with E-state index < -0.39 is 5.56 Å². The topological polar surface area (TPSA) is 90.0 Å². The van der Waals surface area contributed by atoms with E-state index in [-0.39, 0.29) is 23.9 Å². The van der Waals surface area contributed by atoms with Crippen LogP contribution in [0.5, 0.6) is 0 Å². The lowest BCUT2D eigenvalue weighted by molar-refractivity contribution is -0.116. The van der Waals surface area contributed by atoms with Gasteiger partial charge in [0.15, 0.2) is 0 Å². The maximum Gasteiger partial charge on any atom is 0.263 e. The molecule has 0 unspecified atom stereocenters. The van der Waals surface area contributed by atoms with Crippen LogP contribution in [0, 0.1) is 13.8 Å². The first kappa shape index (κ1) is 20.6. The summed E-state index contributed by atoms with van der Waals surface area (Å²) in [6.45, 7) is 3.76. The molecule has 0 bridgehead atoms. The second kappa shape index (κ2) is 8.57. The van der Waals surface area contributed by atoms with E-state index in [9.17, 15) is 9.59 Å². The van der Waals surface area contributed by atoms with Gasteiger partial charge in [0, 0.05) is 22.5 Å². The molecule has 0 atom stereocenters. The Hall–Kier alpha value is -3.71. The number of hydrogen-bond acceptors (Lipinski definition) is 5. The molecule has 1 N–H and O–H groups in total. The Morgan fingerprint density at radius 3 is 2.65 bits per heavy atom. The molecule has 0 aliphatic heterocycles. The molecule has 0 saturated heterocycles. The molecule has 0 aliphatic carbocycles. The Balaban J connectivity index is 1.55. The minimum atomic E-state index is -0.399. The van der Waals surface area contributed by atoms with E-state index in [2.05, 4.69) is 15.5 Å². The lowest BCUT2D eigenvalue weighted by Gasteiger charge is -2.10. The van der Waals surface area contributed by atoms with E-state index in [1.54, 1.807) is 42.6 Å². The highest BCUT2D eigenvalue weighted by Gasteiger charge is 2.16. The molecule has 4 rings (SSSR count). The third kappa shape index (κ3) is 4.57. The summed E-state index contributed by atoms with van der Waals surface area (Å²) >= 11 is 5.91. The average Bonchev–Trinajstić information content (AvgIpc) is 3.22. The van der Waals surface area contributed by atoms with Crippen LogP contribution in [-0.2, 0) is 11.3 Å². The molecule has 2 heterocycles. The fourth-order valence-corrected chi connectivity index (χ4v) is 3.30. The number of aromatic nitrogens is 3. The van der Waals surface area contributed by atoms with Crippen LogP contribution in [0.15, 0.2) is 70.1 Å². The van der Waals surface area contributed by atoms with Gasteiger partial charge in [0.1, 0.15) is 12.1 Å². The lowest BCUT2D eigenvalue weighted by atomic mass is 10.1. The van der Waals surface area contributed by atoms with Crippen LogP contribution in [0.2, 0.25) is 5.02 Å². The number of nitrogens with zero attached hydrogens (tertiary/aromatic N) is 3. The maximum atomic E-state index is 12.9. The molecule has 1 amide bonds. The molecular weight excluding hydrogens is 416 g/mol. The van der Waals surface area contributed by atoms with Crippen LogP contribution in [0.1, 0.15) is 11.1 Å². The number of rotatable bonds is 5. The molecule has 0 radical (unpaired) electrons. The first-order chi connectivity index (χ1) is 14.9. The quantitative estimate of drug-likeness (QED) is 0.500. The second-order valence-corrected chi connectivity index (χ2v) is 7.59. The molecule has 31 heavy (non-hydrogen) atoms. The Morgan fingerprint density at radius 1 is 1.13 bits per heavy atom. The third-order valence-corrected chi connectivity index (χ3v) is 5.00. The first-order valence-electron chi connectivity index (χ1n) is 9.57. The van der Waals surface area contributed by atoms with Gasteiger partial charge in [-0.25, -0.2) is 0 Å². The lowest BCUT2D eigenvalue weighted by Crippen LogP contribution is -2.28. The van der Waals surface area contributed by atoms with Crippen molar-refractivity contribution in [1.82, 2.24) is 14.7 Å².